The highest BCUT2D eigenvalue weighted by molar-refractivity contribution is 7.92. The van der Waals surface area contributed by atoms with Gasteiger partial charge in [0.05, 0.1) is 12.4 Å². The highest BCUT2D eigenvalue weighted by Crippen LogP contribution is 2.12. The van der Waals surface area contributed by atoms with E-state index >= 15 is 0 Å². The van der Waals surface area contributed by atoms with Crippen molar-refractivity contribution >= 4 is 15.7 Å². The molecule has 0 fully saturated rings. The number of hydrogen-bond donors (Lipinski definition) is 2. The standard InChI is InChI=1S/C11H17NO3S/c1-2-3-8-16(14,15)12-11-6-4-10(9-13)5-7-11/h4-7,12-13H,2-3,8-9H2,1H3. The molecule has 16 heavy (non-hydrogen) atoms. The Hall–Kier alpha value is -1.07. The maximum Gasteiger partial charge on any atom is 0.232 e. The van der Waals surface area contributed by atoms with Crippen LogP contribution in [0.3, 0.4) is 0 Å². The Kier molecular flexibility index (Phi) is 4.76. The molecule has 0 atom stereocenters. The van der Waals surface area contributed by atoms with Crippen LogP contribution < -0.4 is 4.72 Å². The average molecular weight is 243 g/mol. The first kappa shape index (κ1) is 13.0. The van der Waals surface area contributed by atoms with Gasteiger partial charge in [0.1, 0.15) is 0 Å². The Labute approximate surface area is 96.4 Å². The molecule has 1 rings (SSSR count). The fourth-order valence-corrected chi connectivity index (χ4v) is 2.51. The lowest BCUT2D eigenvalue weighted by Gasteiger charge is -2.07. The van der Waals surface area contributed by atoms with E-state index in [2.05, 4.69) is 4.72 Å². The minimum absolute atomic E-state index is 0.0388. The third-order valence-electron chi connectivity index (χ3n) is 2.18. The molecule has 0 saturated carbocycles. The molecule has 4 nitrogen and oxygen atoms in total. The van der Waals surface area contributed by atoms with Crippen LogP contribution in [0.15, 0.2) is 24.3 Å². The van der Waals surface area contributed by atoms with Gasteiger partial charge in [-0.2, -0.15) is 0 Å². The number of sulfonamides is 1. The van der Waals surface area contributed by atoms with Gasteiger partial charge in [-0.1, -0.05) is 25.5 Å². The first-order chi connectivity index (χ1) is 7.57. The first-order valence-electron chi connectivity index (χ1n) is 5.27. The van der Waals surface area contributed by atoms with Gasteiger partial charge in [-0.15, -0.1) is 0 Å². The molecular formula is C11H17NO3S. The van der Waals surface area contributed by atoms with Crippen LogP contribution in [0, 0.1) is 0 Å². The van der Waals surface area contributed by atoms with Crippen molar-refractivity contribution in [2.45, 2.75) is 26.4 Å². The quantitative estimate of drug-likeness (QED) is 0.799. The van der Waals surface area contributed by atoms with E-state index in [-0.39, 0.29) is 12.4 Å². The second-order valence-electron chi connectivity index (χ2n) is 3.63. The first-order valence-corrected chi connectivity index (χ1v) is 6.93. The van der Waals surface area contributed by atoms with E-state index in [4.69, 9.17) is 5.11 Å². The van der Waals surface area contributed by atoms with Crippen molar-refractivity contribution in [3.63, 3.8) is 0 Å². The summed E-state index contributed by atoms with van der Waals surface area (Å²) in [6.45, 7) is 1.91. The van der Waals surface area contributed by atoms with Crippen LogP contribution in [0.25, 0.3) is 0 Å². The summed E-state index contributed by atoms with van der Waals surface area (Å²) in [6, 6.07) is 6.68. The summed E-state index contributed by atoms with van der Waals surface area (Å²) in [6.07, 6.45) is 1.51. The Bertz CT molecular complexity index is 411. The van der Waals surface area contributed by atoms with Gasteiger partial charge in [0.15, 0.2) is 0 Å². The number of aliphatic hydroxyl groups is 1. The van der Waals surface area contributed by atoms with Gasteiger partial charge in [-0.3, -0.25) is 4.72 Å². The van der Waals surface area contributed by atoms with Gasteiger partial charge >= 0.3 is 0 Å². The topological polar surface area (TPSA) is 66.4 Å². The predicted molar refractivity (Wildman–Crippen MR) is 64.7 cm³/mol. The van der Waals surface area contributed by atoms with E-state index in [1.165, 1.54) is 0 Å². The molecule has 0 aromatic heterocycles. The molecule has 0 amide bonds. The van der Waals surface area contributed by atoms with Gasteiger partial charge in [-0.05, 0) is 24.1 Å². The van der Waals surface area contributed by atoms with Crippen LogP contribution in [0.5, 0.6) is 0 Å². The third kappa shape index (κ3) is 4.20. The number of benzene rings is 1. The van der Waals surface area contributed by atoms with Gasteiger partial charge in [0, 0.05) is 5.69 Å². The number of anilines is 1. The summed E-state index contributed by atoms with van der Waals surface area (Å²) in [5.41, 5.74) is 1.30. The molecule has 0 heterocycles. The van der Waals surface area contributed by atoms with Gasteiger partial charge in [0.2, 0.25) is 10.0 Å². The summed E-state index contributed by atoms with van der Waals surface area (Å²) in [5, 5.41) is 8.84. The number of hydrogen-bond acceptors (Lipinski definition) is 3. The van der Waals surface area contributed by atoms with E-state index in [0.717, 1.165) is 12.0 Å². The average Bonchev–Trinajstić information content (AvgIpc) is 2.27. The second kappa shape index (κ2) is 5.86. The zero-order valence-corrected chi connectivity index (χ0v) is 10.1. The van der Waals surface area contributed by atoms with Gasteiger partial charge in [0.25, 0.3) is 0 Å². The molecule has 90 valence electrons. The zero-order chi connectivity index (χ0) is 12.0. The van der Waals surface area contributed by atoms with E-state index in [1.54, 1.807) is 24.3 Å². The summed E-state index contributed by atoms with van der Waals surface area (Å²) in [5.74, 6) is 0.144. The van der Waals surface area contributed by atoms with Crippen LogP contribution >= 0.6 is 0 Å². The van der Waals surface area contributed by atoms with Crippen molar-refractivity contribution < 1.29 is 13.5 Å². The second-order valence-corrected chi connectivity index (χ2v) is 5.47. The van der Waals surface area contributed by atoms with Crippen LogP contribution in [-0.4, -0.2) is 19.3 Å². The SMILES string of the molecule is CCCCS(=O)(=O)Nc1ccc(CO)cc1. The number of aliphatic hydroxyl groups excluding tert-OH is 1. The molecule has 1 aromatic rings. The van der Waals surface area contributed by atoms with Crippen LogP contribution in [0.1, 0.15) is 25.3 Å². The van der Waals surface area contributed by atoms with Crippen LogP contribution in [0.4, 0.5) is 5.69 Å². The number of unbranched alkanes of at least 4 members (excludes halogenated alkanes) is 1. The number of rotatable bonds is 6. The van der Waals surface area contributed by atoms with Crippen molar-refractivity contribution in [3.05, 3.63) is 29.8 Å². The number of nitrogens with one attached hydrogen (secondary N) is 1. The van der Waals surface area contributed by atoms with E-state index in [9.17, 15) is 8.42 Å². The molecule has 0 saturated heterocycles. The van der Waals surface area contributed by atoms with Crippen LogP contribution in [-0.2, 0) is 16.6 Å². The smallest absolute Gasteiger partial charge is 0.232 e. The van der Waals surface area contributed by atoms with Crippen molar-refractivity contribution in [3.8, 4) is 0 Å². The van der Waals surface area contributed by atoms with E-state index in [1.807, 2.05) is 6.92 Å². The largest absolute Gasteiger partial charge is 0.392 e. The highest BCUT2D eigenvalue weighted by Gasteiger charge is 2.08. The minimum Gasteiger partial charge on any atom is -0.392 e. The summed E-state index contributed by atoms with van der Waals surface area (Å²) in [4.78, 5) is 0. The van der Waals surface area contributed by atoms with Gasteiger partial charge in [-0.25, -0.2) is 8.42 Å². The maximum absolute atomic E-state index is 11.6. The van der Waals surface area contributed by atoms with Gasteiger partial charge < -0.3 is 5.11 Å². The molecular weight excluding hydrogens is 226 g/mol. The van der Waals surface area contributed by atoms with E-state index in [0.29, 0.717) is 12.1 Å². The van der Waals surface area contributed by atoms with Crippen molar-refractivity contribution in [2.24, 2.45) is 0 Å². The molecule has 0 bridgehead atoms. The highest BCUT2D eigenvalue weighted by atomic mass is 32.2. The Morgan fingerprint density at radius 1 is 1.25 bits per heavy atom. The Morgan fingerprint density at radius 3 is 2.38 bits per heavy atom. The molecule has 1 aromatic carbocycles. The van der Waals surface area contributed by atoms with Crippen molar-refractivity contribution in [2.75, 3.05) is 10.5 Å². The lowest BCUT2D eigenvalue weighted by atomic mass is 10.2. The molecule has 0 spiro atoms. The molecule has 0 unspecified atom stereocenters. The lowest BCUT2D eigenvalue weighted by molar-refractivity contribution is 0.282. The Balaban J connectivity index is 2.65. The summed E-state index contributed by atoms with van der Waals surface area (Å²) < 4.78 is 25.6. The normalized spacial score (nSPS) is 11.4. The van der Waals surface area contributed by atoms with Crippen LogP contribution in [0.2, 0.25) is 0 Å². The van der Waals surface area contributed by atoms with Crippen molar-refractivity contribution in [1.29, 1.82) is 0 Å². The van der Waals surface area contributed by atoms with Crippen molar-refractivity contribution in [1.82, 2.24) is 0 Å². The zero-order valence-electron chi connectivity index (χ0n) is 9.31. The lowest BCUT2D eigenvalue weighted by Crippen LogP contribution is -2.16. The minimum atomic E-state index is -3.23. The predicted octanol–water partition coefficient (Wildman–Crippen LogP) is 1.72. The molecule has 0 aliphatic rings. The third-order valence-corrected chi connectivity index (χ3v) is 3.55. The Morgan fingerprint density at radius 2 is 1.88 bits per heavy atom. The molecule has 0 aliphatic carbocycles. The van der Waals surface area contributed by atoms with E-state index < -0.39 is 10.0 Å². The summed E-state index contributed by atoms with van der Waals surface area (Å²) >= 11 is 0. The monoisotopic (exact) mass is 243 g/mol. The molecule has 0 aliphatic heterocycles. The fraction of sp³-hybridized carbons (Fsp3) is 0.455. The molecule has 2 N–H and O–H groups in total. The molecule has 0 radical (unpaired) electrons. The maximum atomic E-state index is 11.6. The summed E-state index contributed by atoms with van der Waals surface area (Å²) in [7, 11) is -3.23. The molecule has 5 heteroatoms. The fourth-order valence-electron chi connectivity index (χ4n) is 1.24.